The van der Waals surface area contributed by atoms with Crippen LogP contribution in [-0.2, 0) is 11.2 Å². The number of nitrogens with zero attached hydrogens (tertiary/aromatic N) is 1. The highest BCUT2D eigenvalue weighted by molar-refractivity contribution is 6.35. The molecule has 1 aliphatic rings. The summed E-state index contributed by atoms with van der Waals surface area (Å²) in [4.78, 5) is 14.1. The van der Waals surface area contributed by atoms with Crippen LogP contribution in [0.1, 0.15) is 18.4 Å². The van der Waals surface area contributed by atoms with Crippen molar-refractivity contribution in [3.05, 3.63) is 33.8 Å². The molecule has 6 heteroatoms. The van der Waals surface area contributed by atoms with Crippen LogP contribution in [0.15, 0.2) is 18.2 Å². The van der Waals surface area contributed by atoms with Gasteiger partial charge in [-0.05, 0) is 50.0 Å². The standard InChI is InChI=1S/C15H20Cl2N2O.ClH/c1-18-9-11-6-7-19(10-11)15(20)5-3-12-2-4-13(16)8-14(12)17;/h2,4,8,11,18H,3,5-7,9-10H2,1H3;1H. The molecular weight excluding hydrogens is 331 g/mol. The smallest absolute Gasteiger partial charge is 0.222 e. The lowest BCUT2D eigenvalue weighted by Crippen LogP contribution is -2.30. The van der Waals surface area contributed by atoms with E-state index in [4.69, 9.17) is 23.2 Å². The van der Waals surface area contributed by atoms with Crippen LogP contribution in [0.5, 0.6) is 0 Å². The molecule has 1 unspecified atom stereocenters. The van der Waals surface area contributed by atoms with E-state index >= 15 is 0 Å². The number of amides is 1. The Morgan fingerprint density at radius 3 is 2.86 bits per heavy atom. The van der Waals surface area contributed by atoms with Crippen LogP contribution in [0.4, 0.5) is 0 Å². The van der Waals surface area contributed by atoms with Crippen LogP contribution in [0.2, 0.25) is 10.0 Å². The van der Waals surface area contributed by atoms with Crippen LogP contribution in [0.3, 0.4) is 0 Å². The molecule has 0 radical (unpaired) electrons. The highest BCUT2D eigenvalue weighted by Crippen LogP contribution is 2.23. The first-order valence-electron chi connectivity index (χ1n) is 6.96. The van der Waals surface area contributed by atoms with E-state index in [-0.39, 0.29) is 18.3 Å². The molecule has 0 saturated carbocycles. The molecule has 1 aromatic carbocycles. The average Bonchev–Trinajstić information content (AvgIpc) is 2.86. The van der Waals surface area contributed by atoms with Crippen LogP contribution in [0, 0.1) is 5.92 Å². The maximum Gasteiger partial charge on any atom is 0.222 e. The number of aryl methyl sites for hydroxylation is 1. The summed E-state index contributed by atoms with van der Waals surface area (Å²) in [5.74, 6) is 0.803. The van der Waals surface area contributed by atoms with Gasteiger partial charge in [0.25, 0.3) is 0 Å². The molecule has 0 aliphatic carbocycles. The predicted octanol–water partition coefficient (Wildman–Crippen LogP) is 3.42. The van der Waals surface area contributed by atoms with Gasteiger partial charge >= 0.3 is 0 Å². The summed E-state index contributed by atoms with van der Waals surface area (Å²) in [5.41, 5.74) is 0.982. The van der Waals surface area contributed by atoms with E-state index in [1.807, 2.05) is 24.1 Å². The van der Waals surface area contributed by atoms with Gasteiger partial charge in [0.1, 0.15) is 0 Å². The third-order valence-corrected chi connectivity index (χ3v) is 4.34. The zero-order valence-electron chi connectivity index (χ0n) is 12.1. The van der Waals surface area contributed by atoms with Crippen LogP contribution >= 0.6 is 35.6 Å². The maximum atomic E-state index is 12.2. The largest absolute Gasteiger partial charge is 0.342 e. The molecule has 0 aromatic heterocycles. The number of carbonyl (C=O) groups is 1. The molecule has 1 atom stereocenters. The zero-order chi connectivity index (χ0) is 14.5. The quantitative estimate of drug-likeness (QED) is 0.881. The van der Waals surface area contributed by atoms with Crippen molar-refractivity contribution in [2.45, 2.75) is 19.3 Å². The van der Waals surface area contributed by atoms with Gasteiger partial charge in [-0.1, -0.05) is 29.3 Å². The summed E-state index contributed by atoms with van der Waals surface area (Å²) in [6.45, 7) is 2.72. The average molecular weight is 352 g/mol. The lowest BCUT2D eigenvalue weighted by Gasteiger charge is -2.16. The minimum atomic E-state index is 0. The Bertz CT molecular complexity index is 482. The van der Waals surface area contributed by atoms with Crippen molar-refractivity contribution in [2.75, 3.05) is 26.7 Å². The van der Waals surface area contributed by atoms with Gasteiger partial charge in [-0.15, -0.1) is 12.4 Å². The van der Waals surface area contributed by atoms with Gasteiger partial charge in [0, 0.05) is 29.6 Å². The van der Waals surface area contributed by atoms with Gasteiger partial charge in [-0.3, -0.25) is 4.79 Å². The summed E-state index contributed by atoms with van der Waals surface area (Å²) in [5, 5.41) is 4.44. The molecule has 118 valence electrons. The molecule has 2 rings (SSSR count). The molecule has 0 spiro atoms. The zero-order valence-corrected chi connectivity index (χ0v) is 14.4. The highest BCUT2D eigenvalue weighted by atomic mass is 35.5. The molecule has 1 fully saturated rings. The summed E-state index contributed by atoms with van der Waals surface area (Å²) < 4.78 is 0. The van der Waals surface area contributed by atoms with Crippen molar-refractivity contribution >= 4 is 41.5 Å². The summed E-state index contributed by atoms with van der Waals surface area (Å²) in [6, 6.07) is 5.43. The second-order valence-corrected chi connectivity index (χ2v) is 6.13. The Morgan fingerprint density at radius 2 is 2.19 bits per heavy atom. The number of hydrogen-bond acceptors (Lipinski definition) is 2. The fraction of sp³-hybridized carbons (Fsp3) is 0.533. The number of likely N-dealkylation sites (tertiary alicyclic amines) is 1. The molecule has 1 N–H and O–H groups in total. The molecule has 1 amide bonds. The van der Waals surface area contributed by atoms with Gasteiger partial charge in [-0.2, -0.15) is 0 Å². The molecule has 0 bridgehead atoms. The Labute approximate surface area is 142 Å². The van der Waals surface area contributed by atoms with Crippen LogP contribution < -0.4 is 5.32 Å². The first-order chi connectivity index (χ1) is 9.60. The second-order valence-electron chi connectivity index (χ2n) is 5.29. The van der Waals surface area contributed by atoms with Gasteiger partial charge in [0.2, 0.25) is 5.91 Å². The fourth-order valence-electron chi connectivity index (χ4n) is 2.64. The number of rotatable bonds is 5. The highest BCUT2D eigenvalue weighted by Gasteiger charge is 2.25. The number of benzene rings is 1. The van der Waals surface area contributed by atoms with Gasteiger partial charge in [0.05, 0.1) is 0 Å². The Morgan fingerprint density at radius 1 is 1.43 bits per heavy atom. The molecular formula is C15H21Cl3N2O. The lowest BCUT2D eigenvalue weighted by atomic mass is 10.1. The number of carbonyl (C=O) groups excluding carboxylic acids is 1. The van der Waals surface area contributed by atoms with Crippen LogP contribution in [-0.4, -0.2) is 37.5 Å². The Kier molecular flexibility index (Phi) is 7.82. The van der Waals surface area contributed by atoms with E-state index in [1.165, 1.54) is 0 Å². The van der Waals surface area contributed by atoms with E-state index in [9.17, 15) is 4.79 Å². The van der Waals surface area contributed by atoms with E-state index < -0.39 is 0 Å². The molecule has 3 nitrogen and oxygen atoms in total. The van der Waals surface area contributed by atoms with Gasteiger partial charge < -0.3 is 10.2 Å². The van der Waals surface area contributed by atoms with E-state index in [2.05, 4.69) is 5.32 Å². The van der Waals surface area contributed by atoms with Crippen molar-refractivity contribution in [3.63, 3.8) is 0 Å². The SMILES string of the molecule is CNCC1CCN(C(=O)CCc2ccc(Cl)cc2Cl)C1.Cl. The Hall–Kier alpha value is -0.480. The molecule has 1 aromatic rings. The van der Waals surface area contributed by atoms with Crippen molar-refractivity contribution in [1.82, 2.24) is 10.2 Å². The normalized spacial score (nSPS) is 17.7. The first kappa shape index (κ1) is 18.6. The van der Waals surface area contributed by atoms with Crippen molar-refractivity contribution < 1.29 is 4.79 Å². The third-order valence-electron chi connectivity index (χ3n) is 3.75. The Balaban J connectivity index is 0.00000220. The molecule has 1 aliphatic heterocycles. The van der Waals surface area contributed by atoms with Gasteiger partial charge in [0.15, 0.2) is 0 Å². The minimum Gasteiger partial charge on any atom is -0.342 e. The third kappa shape index (κ3) is 5.33. The first-order valence-corrected chi connectivity index (χ1v) is 7.72. The molecule has 1 heterocycles. The topological polar surface area (TPSA) is 32.3 Å². The summed E-state index contributed by atoms with van der Waals surface area (Å²) in [6.07, 6.45) is 2.27. The maximum absolute atomic E-state index is 12.2. The fourth-order valence-corrected chi connectivity index (χ4v) is 3.14. The monoisotopic (exact) mass is 350 g/mol. The minimum absolute atomic E-state index is 0. The van der Waals surface area contributed by atoms with Gasteiger partial charge in [-0.25, -0.2) is 0 Å². The van der Waals surface area contributed by atoms with Crippen LogP contribution in [0.25, 0.3) is 0 Å². The molecule has 1 saturated heterocycles. The lowest BCUT2D eigenvalue weighted by molar-refractivity contribution is -0.130. The number of hydrogen-bond donors (Lipinski definition) is 1. The molecule has 21 heavy (non-hydrogen) atoms. The van der Waals surface area contributed by atoms with Crippen molar-refractivity contribution in [3.8, 4) is 0 Å². The summed E-state index contributed by atoms with van der Waals surface area (Å²) >= 11 is 12.0. The summed E-state index contributed by atoms with van der Waals surface area (Å²) in [7, 11) is 1.95. The van der Waals surface area contributed by atoms with E-state index in [0.717, 1.165) is 31.6 Å². The van der Waals surface area contributed by atoms with E-state index in [1.54, 1.807) is 6.07 Å². The van der Waals surface area contributed by atoms with Crippen molar-refractivity contribution in [2.24, 2.45) is 5.92 Å². The van der Waals surface area contributed by atoms with Crippen molar-refractivity contribution in [1.29, 1.82) is 0 Å². The second kappa shape index (κ2) is 8.84. The number of halogens is 3. The predicted molar refractivity (Wildman–Crippen MR) is 90.6 cm³/mol. The van der Waals surface area contributed by atoms with E-state index in [0.29, 0.717) is 28.8 Å². The number of nitrogens with one attached hydrogen (secondary N) is 1.